The second kappa shape index (κ2) is 21.7. The smallest absolute Gasteiger partial charge is 0.410 e. The molecule has 0 aromatic carbocycles. The molecule has 0 heterocycles. The second-order valence-corrected chi connectivity index (χ2v) is 12.3. The van der Waals surface area contributed by atoms with Gasteiger partial charge in [-0.1, -0.05) is 77.0 Å². The van der Waals surface area contributed by atoms with E-state index in [-0.39, 0.29) is 4.48 Å². The SMILES string of the molecule is CC(=O)O[C@H](C(CCCOCCCCCCCCCCCCCCCCS)OP(=O)(O)O)[N+](C)(C)C. The van der Waals surface area contributed by atoms with Gasteiger partial charge in [0.2, 0.25) is 0 Å². The van der Waals surface area contributed by atoms with Gasteiger partial charge in [-0.2, -0.15) is 12.6 Å². The van der Waals surface area contributed by atoms with Gasteiger partial charge in [-0.15, -0.1) is 0 Å². The molecule has 0 spiro atoms. The average Bonchev–Trinajstić information content (AvgIpc) is 2.76. The molecule has 10 heteroatoms. The van der Waals surface area contributed by atoms with Gasteiger partial charge in [-0.3, -0.25) is 13.8 Å². The molecule has 0 aliphatic heterocycles. The Labute approximate surface area is 226 Å². The summed E-state index contributed by atoms with van der Waals surface area (Å²) in [5, 5.41) is 0. The lowest BCUT2D eigenvalue weighted by molar-refractivity contribution is -0.920. The Morgan fingerprint density at radius 3 is 1.58 bits per heavy atom. The van der Waals surface area contributed by atoms with Gasteiger partial charge in [0.25, 0.3) is 6.23 Å². The molecule has 216 valence electrons. The number of carbonyl (C=O) groups excluding carboxylic acids is 1. The summed E-state index contributed by atoms with van der Waals surface area (Å²) in [6.45, 7) is 2.43. The molecular weight excluding hydrogens is 501 g/mol. The van der Waals surface area contributed by atoms with E-state index in [2.05, 4.69) is 12.6 Å². The molecule has 1 unspecified atom stereocenters. The minimum absolute atomic E-state index is 0.169. The highest BCUT2D eigenvalue weighted by molar-refractivity contribution is 7.80. The largest absolute Gasteiger partial charge is 0.470 e. The molecule has 0 amide bonds. The molecule has 0 aromatic heterocycles. The lowest BCUT2D eigenvalue weighted by atomic mass is 10.0. The van der Waals surface area contributed by atoms with Gasteiger partial charge in [0.15, 0.2) is 6.10 Å². The third kappa shape index (κ3) is 23.0. The fourth-order valence-corrected chi connectivity index (χ4v) is 5.04. The van der Waals surface area contributed by atoms with Crippen molar-refractivity contribution in [2.24, 2.45) is 0 Å². The van der Waals surface area contributed by atoms with E-state index in [0.717, 1.165) is 18.6 Å². The van der Waals surface area contributed by atoms with E-state index < -0.39 is 26.1 Å². The highest BCUT2D eigenvalue weighted by Gasteiger charge is 2.40. The molecule has 0 saturated heterocycles. The van der Waals surface area contributed by atoms with Gasteiger partial charge in [0, 0.05) is 20.1 Å². The highest BCUT2D eigenvalue weighted by Crippen LogP contribution is 2.40. The Kier molecular flexibility index (Phi) is 21.7. The summed E-state index contributed by atoms with van der Waals surface area (Å²) in [6.07, 6.45) is 17.3. The van der Waals surface area contributed by atoms with Crippen LogP contribution in [0.3, 0.4) is 0 Å². The Balaban J connectivity index is 3.83. The molecule has 0 rings (SSSR count). The van der Waals surface area contributed by atoms with E-state index in [1.54, 1.807) is 21.1 Å². The molecule has 0 aliphatic rings. The van der Waals surface area contributed by atoms with Crippen LogP contribution in [-0.4, -0.2) is 72.7 Å². The number of quaternary nitrogens is 1. The van der Waals surface area contributed by atoms with Gasteiger partial charge in [-0.25, -0.2) is 4.57 Å². The topological polar surface area (TPSA) is 102 Å². The zero-order valence-corrected chi connectivity index (χ0v) is 25.2. The summed E-state index contributed by atoms with van der Waals surface area (Å²) in [5.74, 6) is 0.500. The molecule has 0 aliphatic carbocycles. The minimum atomic E-state index is -4.73. The number of unbranched alkanes of at least 4 members (excludes halogenated alkanes) is 13. The van der Waals surface area contributed by atoms with Gasteiger partial charge >= 0.3 is 13.8 Å². The second-order valence-electron chi connectivity index (χ2n) is 10.7. The van der Waals surface area contributed by atoms with Crippen molar-refractivity contribution in [3.8, 4) is 0 Å². The molecule has 0 saturated carbocycles. The summed E-state index contributed by atoms with van der Waals surface area (Å²) in [6, 6.07) is 0. The lowest BCUT2D eigenvalue weighted by Gasteiger charge is -2.37. The Morgan fingerprint density at radius 1 is 0.778 bits per heavy atom. The number of carbonyl (C=O) groups is 1. The maximum atomic E-state index is 11.5. The number of phosphoric acid groups is 1. The fraction of sp³-hybridized carbons (Fsp3) is 0.962. The quantitative estimate of drug-likeness (QED) is 0.0305. The van der Waals surface area contributed by atoms with E-state index in [9.17, 15) is 19.1 Å². The van der Waals surface area contributed by atoms with Crippen LogP contribution in [0.5, 0.6) is 0 Å². The number of esters is 1. The summed E-state index contributed by atoms with van der Waals surface area (Å²) in [4.78, 5) is 30.1. The van der Waals surface area contributed by atoms with Crippen LogP contribution in [0.25, 0.3) is 0 Å². The number of hydrogen-bond donors (Lipinski definition) is 3. The van der Waals surface area contributed by atoms with Crippen LogP contribution in [-0.2, 0) is 23.4 Å². The molecule has 0 aromatic rings. The number of phosphoric ester groups is 1. The van der Waals surface area contributed by atoms with Crippen molar-refractivity contribution in [1.82, 2.24) is 0 Å². The average molecular weight is 557 g/mol. The van der Waals surface area contributed by atoms with Crippen molar-refractivity contribution < 1.29 is 37.6 Å². The van der Waals surface area contributed by atoms with Crippen molar-refractivity contribution in [3.63, 3.8) is 0 Å². The number of nitrogens with zero attached hydrogens (tertiary/aromatic N) is 1. The number of rotatable bonds is 25. The molecule has 2 N–H and O–H groups in total. The van der Waals surface area contributed by atoms with Crippen molar-refractivity contribution in [2.45, 2.75) is 122 Å². The van der Waals surface area contributed by atoms with Crippen LogP contribution < -0.4 is 0 Å². The standard InChI is InChI=1S/C26H54NO7PS/c1-24(28)33-26(27(2,3)4)25(34-35(29,30)31)20-19-22-32-21-17-15-13-11-9-7-5-6-8-10-12-14-16-18-23-36/h25-26H,5-23H2,1-4H3,(H2-,29,30,31,36)/p+1/t25?,26-/m1/s1. The zero-order valence-electron chi connectivity index (χ0n) is 23.4. The molecule has 8 nitrogen and oxygen atoms in total. The highest BCUT2D eigenvalue weighted by atomic mass is 32.1. The van der Waals surface area contributed by atoms with E-state index in [4.69, 9.17) is 14.0 Å². The van der Waals surface area contributed by atoms with Gasteiger partial charge < -0.3 is 19.3 Å². The van der Waals surface area contributed by atoms with Crippen molar-refractivity contribution >= 4 is 26.4 Å². The molecule has 0 radical (unpaired) electrons. The predicted molar refractivity (Wildman–Crippen MR) is 149 cm³/mol. The first-order chi connectivity index (χ1) is 17.0. The van der Waals surface area contributed by atoms with Crippen LogP contribution in [0.2, 0.25) is 0 Å². The van der Waals surface area contributed by atoms with Gasteiger partial charge in [0.1, 0.15) is 0 Å². The summed E-state index contributed by atoms with van der Waals surface area (Å²) >= 11 is 4.25. The number of hydrogen-bond acceptors (Lipinski definition) is 6. The van der Waals surface area contributed by atoms with Gasteiger partial charge in [-0.05, 0) is 31.4 Å². The van der Waals surface area contributed by atoms with Crippen LogP contribution in [0.4, 0.5) is 0 Å². The van der Waals surface area contributed by atoms with E-state index in [1.807, 2.05) is 0 Å². The molecular formula is C26H55NO7PS+. The normalized spacial score (nSPS) is 14.1. The van der Waals surface area contributed by atoms with Crippen LogP contribution in [0.1, 0.15) is 110 Å². The lowest BCUT2D eigenvalue weighted by Crippen LogP contribution is -2.54. The molecule has 0 bridgehead atoms. The first-order valence-electron chi connectivity index (χ1n) is 13.9. The Bertz CT molecular complexity index is 583. The Morgan fingerprint density at radius 2 is 1.19 bits per heavy atom. The number of likely N-dealkylation sites (N-methyl/N-ethyl adjacent to an activating group) is 1. The minimum Gasteiger partial charge on any atom is -0.410 e. The predicted octanol–water partition coefficient (Wildman–Crippen LogP) is 6.25. The third-order valence-electron chi connectivity index (χ3n) is 6.12. The van der Waals surface area contributed by atoms with E-state index in [1.165, 1.54) is 84.0 Å². The third-order valence-corrected chi connectivity index (χ3v) is 6.98. The van der Waals surface area contributed by atoms with E-state index >= 15 is 0 Å². The number of ether oxygens (including phenoxy) is 2. The molecule has 0 fully saturated rings. The maximum Gasteiger partial charge on any atom is 0.470 e. The van der Waals surface area contributed by atoms with Crippen LogP contribution in [0.15, 0.2) is 0 Å². The summed E-state index contributed by atoms with van der Waals surface area (Å²) < 4.78 is 27.6. The summed E-state index contributed by atoms with van der Waals surface area (Å²) in [5.41, 5.74) is 0. The van der Waals surface area contributed by atoms with Crippen molar-refractivity contribution in [2.75, 3.05) is 40.1 Å². The monoisotopic (exact) mass is 556 g/mol. The zero-order chi connectivity index (χ0) is 27.3. The summed E-state index contributed by atoms with van der Waals surface area (Å²) in [7, 11) is 0.631. The molecule has 36 heavy (non-hydrogen) atoms. The maximum absolute atomic E-state index is 11.5. The fourth-order valence-electron chi connectivity index (χ4n) is 4.25. The van der Waals surface area contributed by atoms with E-state index in [0.29, 0.717) is 26.1 Å². The first kappa shape index (κ1) is 35.9. The Hall–Kier alpha value is -0.150. The number of thiol groups is 1. The van der Waals surface area contributed by atoms with Crippen molar-refractivity contribution in [3.05, 3.63) is 0 Å². The van der Waals surface area contributed by atoms with Crippen LogP contribution >= 0.6 is 20.5 Å². The molecule has 2 atom stereocenters. The van der Waals surface area contributed by atoms with Gasteiger partial charge in [0.05, 0.1) is 21.1 Å². The first-order valence-corrected chi connectivity index (χ1v) is 16.0. The van der Waals surface area contributed by atoms with Crippen LogP contribution in [0, 0.1) is 0 Å². The van der Waals surface area contributed by atoms with Crippen molar-refractivity contribution in [1.29, 1.82) is 0 Å².